The van der Waals surface area contributed by atoms with E-state index in [2.05, 4.69) is 20.6 Å². The van der Waals surface area contributed by atoms with E-state index in [0.717, 1.165) is 5.69 Å². The van der Waals surface area contributed by atoms with Crippen LogP contribution in [0.25, 0.3) is 0 Å². The molecule has 0 radical (unpaired) electrons. The molecule has 0 saturated carbocycles. The maximum Gasteiger partial charge on any atom is 0.256 e. The van der Waals surface area contributed by atoms with E-state index in [4.69, 9.17) is 0 Å². The van der Waals surface area contributed by atoms with Gasteiger partial charge < -0.3 is 15.5 Å². The van der Waals surface area contributed by atoms with Crippen molar-refractivity contribution in [2.45, 2.75) is 20.8 Å². The lowest BCUT2D eigenvalue weighted by atomic mass is 10.2. The average Bonchev–Trinajstić information content (AvgIpc) is 2.58. The number of carbonyl (C=O) groups excluding carboxylic acids is 2. The van der Waals surface area contributed by atoms with Crippen LogP contribution in [0.4, 0.5) is 17.3 Å². The molecule has 0 unspecified atom stereocenters. The molecule has 0 aliphatic rings. The highest BCUT2D eigenvalue weighted by molar-refractivity contribution is 5.93. The van der Waals surface area contributed by atoms with Gasteiger partial charge in [0, 0.05) is 43.8 Å². The molecule has 2 N–H and O–H groups in total. The van der Waals surface area contributed by atoms with Gasteiger partial charge in [-0.05, 0) is 38.1 Å². The van der Waals surface area contributed by atoms with E-state index in [1.54, 1.807) is 17.0 Å². The highest BCUT2D eigenvalue weighted by atomic mass is 16.2. The Morgan fingerprint density at radius 2 is 1.54 bits per heavy atom. The van der Waals surface area contributed by atoms with Crippen molar-refractivity contribution >= 4 is 29.1 Å². The van der Waals surface area contributed by atoms with Gasteiger partial charge in [-0.25, -0.2) is 9.97 Å². The predicted octanol–water partition coefficient (Wildman–Crippen LogP) is 2.66. The number of nitrogens with one attached hydrogen (secondary N) is 2. The number of nitrogens with zero attached hydrogens (tertiary/aromatic N) is 3. The average molecular weight is 327 g/mol. The summed E-state index contributed by atoms with van der Waals surface area (Å²) in [4.78, 5) is 33.3. The van der Waals surface area contributed by atoms with E-state index in [1.165, 1.54) is 19.3 Å². The molecule has 0 saturated heterocycles. The third kappa shape index (κ3) is 4.52. The minimum atomic E-state index is -0.118. The summed E-state index contributed by atoms with van der Waals surface area (Å²) in [6.45, 7) is 6.62. The van der Waals surface area contributed by atoms with E-state index in [9.17, 15) is 9.59 Å². The number of anilines is 3. The molecule has 0 aliphatic carbocycles. The second-order valence-corrected chi connectivity index (χ2v) is 5.16. The van der Waals surface area contributed by atoms with Gasteiger partial charge in [0.2, 0.25) is 11.9 Å². The SMILES string of the molecule is CCN(CC)C(=O)c1cnc(Nc2ccc(NC(C)=O)cc2)nc1. The second kappa shape index (κ2) is 8.05. The third-order valence-electron chi connectivity index (χ3n) is 3.41. The fraction of sp³-hybridized carbons (Fsp3) is 0.294. The molecule has 126 valence electrons. The van der Waals surface area contributed by atoms with Crippen molar-refractivity contribution in [1.82, 2.24) is 14.9 Å². The molecule has 1 aromatic carbocycles. The smallest absolute Gasteiger partial charge is 0.256 e. The molecule has 7 heteroatoms. The quantitative estimate of drug-likeness (QED) is 0.852. The van der Waals surface area contributed by atoms with Gasteiger partial charge in [-0.3, -0.25) is 9.59 Å². The van der Waals surface area contributed by atoms with E-state index < -0.39 is 0 Å². The molecule has 1 heterocycles. The Morgan fingerprint density at radius 3 is 2.04 bits per heavy atom. The summed E-state index contributed by atoms with van der Waals surface area (Å²) in [5.74, 6) is 0.206. The van der Waals surface area contributed by atoms with Gasteiger partial charge in [0.25, 0.3) is 5.91 Å². The first-order valence-electron chi connectivity index (χ1n) is 7.79. The third-order valence-corrected chi connectivity index (χ3v) is 3.41. The normalized spacial score (nSPS) is 10.1. The van der Waals surface area contributed by atoms with Crippen LogP contribution in [0.5, 0.6) is 0 Å². The van der Waals surface area contributed by atoms with Crippen LogP contribution in [0.2, 0.25) is 0 Å². The lowest BCUT2D eigenvalue weighted by Gasteiger charge is -2.18. The number of amides is 2. The number of hydrogen-bond donors (Lipinski definition) is 2. The van der Waals surface area contributed by atoms with Gasteiger partial charge in [0.1, 0.15) is 0 Å². The fourth-order valence-electron chi connectivity index (χ4n) is 2.17. The van der Waals surface area contributed by atoms with Crippen LogP contribution >= 0.6 is 0 Å². The van der Waals surface area contributed by atoms with Crippen molar-refractivity contribution in [3.8, 4) is 0 Å². The standard InChI is InChI=1S/C17H21N5O2/c1-4-22(5-2)16(24)13-10-18-17(19-11-13)21-15-8-6-14(7-9-15)20-12(3)23/h6-11H,4-5H2,1-3H3,(H,20,23)(H,18,19,21). The first-order chi connectivity index (χ1) is 11.5. The van der Waals surface area contributed by atoms with Gasteiger partial charge in [0.15, 0.2) is 0 Å². The Morgan fingerprint density at radius 1 is 1.00 bits per heavy atom. The Hall–Kier alpha value is -2.96. The number of hydrogen-bond acceptors (Lipinski definition) is 5. The molecule has 24 heavy (non-hydrogen) atoms. The van der Waals surface area contributed by atoms with Gasteiger partial charge in [-0.1, -0.05) is 0 Å². The van der Waals surface area contributed by atoms with Crippen LogP contribution in [0, 0.1) is 0 Å². The van der Waals surface area contributed by atoms with Crippen molar-refractivity contribution in [3.63, 3.8) is 0 Å². The molecular formula is C17H21N5O2. The number of benzene rings is 1. The van der Waals surface area contributed by atoms with Crippen LogP contribution in [0.15, 0.2) is 36.7 Å². The molecule has 0 spiro atoms. The fourth-order valence-corrected chi connectivity index (χ4v) is 2.17. The minimum Gasteiger partial charge on any atom is -0.339 e. The molecule has 2 amide bonds. The molecule has 0 aliphatic heterocycles. The molecule has 2 rings (SSSR count). The monoisotopic (exact) mass is 327 g/mol. The minimum absolute atomic E-state index is 0.0776. The molecule has 0 atom stereocenters. The maximum absolute atomic E-state index is 12.2. The van der Waals surface area contributed by atoms with Crippen molar-refractivity contribution in [3.05, 3.63) is 42.2 Å². The topological polar surface area (TPSA) is 87.2 Å². The summed E-state index contributed by atoms with van der Waals surface area (Å²) in [6, 6.07) is 7.18. The number of carbonyl (C=O) groups is 2. The number of rotatable bonds is 6. The maximum atomic E-state index is 12.2. The predicted molar refractivity (Wildman–Crippen MR) is 93.3 cm³/mol. The largest absolute Gasteiger partial charge is 0.339 e. The lowest BCUT2D eigenvalue weighted by molar-refractivity contribution is -0.114. The van der Waals surface area contributed by atoms with E-state index >= 15 is 0 Å². The van der Waals surface area contributed by atoms with Crippen LogP contribution in [0.3, 0.4) is 0 Å². The van der Waals surface area contributed by atoms with Gasteiger partial charge in [0.05, 0.1) is 5.56 Å². The highest BCUT2D eigenvalue weighted by Crippen LogP contribution is 2.16. The molecule has 0 bridgehead atoms. The van der Waals surface area contributed by atoms with Crippen LogP contribution in [0.1, 0.15) is 31.1 Å². The zero-order valence-electron chi connectivity index (χ0n) is 14.0. The molecule has 1 aromatic heterocycles. The number of aromatic nitrogens is 2. The molecular weight excluding hydrogens is 306 g/mol. The van der Waals surface area contributed by atoms with Crippen molar-refractivity contribution in [2.75, 3.05) is 23.7 Å². The van der Waals surface area contributed by atoms with E-state index in [0.29, 0.717) is 30.3 Å². The lowest BCUT2D eigenvalue weighted by Crippen LogP contribution is -2.30. The Kier molecular flexibility index (Phi) is 5.83. The van der Waals surface area contributed by atoms with Crippen molar-refractivity contribution < 1.29 is 9.59 Å². The van der Waals surface area contributed by atoms with Gasteiger partial charge in [-0.15, -0.1) is 0 Å². The Balaban J connectivity index is 2.03. The summed E-state index contributed by atoms with van der Waals surface area (Å²) < 4.78 is 0. The summed E-state index contributed by atoms with van der Waals surface area (Å²) >= 11 is 0. The Bertz CT molecular complexity index is 694. The zero-order valence-corrected chi connectivity index (χ0v) is 14.0. The van der Waals surface area contributed by atoms with Crippen molar-refractivity contribution in [2.24, 2.45) is 0 Å². The second-order valence-electron chi connectivity index (χ2n) is 5.16. The van der Waals surface area contributed by atoms with Crippen LogP contribution in [-0.4, -0.2) is 39.8 Å². The molecule has 0 fully saturated rings. The first-order valence-corrected chi connectivity index (χ1v) is 7.79. The van der Waals surface area contributed by atoms with E-state index in [1.807, 2.05) is 26.0 Å². The van der Waals surface area contributed by atoms with Crippen molar-refractivity contribution in [1.29, 1.82) is 0 Å². The highest BCUT2D eigenvalue weighted by Gasteiger charge is 2.13. The molecule has 2 aromatic rings. The van der Waals surface area contributed by atoms with Gasteiger partial charge in [-0.2, -0.15) is 0 Å². The zero-order chi connectivity index (χ0) is 17.5. The summed E-state index contributed by atoms with van der Waals surface area (Å²) in [5.41, 5.74) is 1.96. The van der Waals surface area contributed by atoms with Crippen LogP contribution in [-0.2, 0) is 4.79 Å². The van der Waals surface area contributed by atoms with Gasteiger partial charge >= 0.3 is 0 Å². The summed E-state index contributed by atoms with van der Waals surface area (Å²) in [6.07, 6.45) is 3.03. The van der Waals surface area contributed by atoms with E-state index in [-0.39, 0.29) is 11.8 Å². The molecule has 7 nitrogen and oxygen atoms in total. The first kappa shape index (κ1) is 17.4. The Labute approximate surface area is 141 Å². The van der Waals surface area contributed by atoms with Crippen LogP contribution < -0.4 is 10.6 Å². The summed E-state index contributed by atoms with van der Waals surface area (Å²) in [5, 5.41) is 5.75. The summed E-state index contributed by atoms with van der Waals surface area (Å²) in [7, 11) is 0.